The van der Waals surface area contributed by atoms with Crippen LogP contribution in [0.25, 0.3) is 0 Å². The van der Waals surface area contributed by atoms with Crippen LogP contribution in [0.4, 0.5) is 0 Å². The van der Waals surface area contributed by atoms with Crippen LogP contribution in [-0.2, 0) is 11.2 Å². The Balaban J connectivity index is 1.52. The van der Waals surface area contributed by atoms with Crippen molar-refractivity contribution >= 4 is 34.9 Å². The molecular formula is C22H28N2O2S2. The molecule has 4 nitrogen and oxygen atoms in total. The van der Waals surface area contributed by atoms with Gasteiger partial charge in [-0.2, -0.15) is 0 Å². The number of thioether (sulfide) groups is 1. The highest BCUT2D eigenvalue weighted by atomic mass is 32.2. The Labute approximate surface area is 175 Å². The maximum atomic E-state index is 12.6. The number of benzene rings is 1. The summed E-state index contributed by atoms with van der Waals surface area (Å²) in [4.78, 5) is 29.2. The van der Waals surface area contributed by atoms with E-state index in [1.807, 2.05) is 47.7 Å². The van der Waals surface area contributed by atoms with E-state index < -0.39 is 0 Å². The zero-order chi connectivity index (χ0) is 19.8. The van der Waals surface area contributed by atoms with Crippen LogP contribution in [0.15, 0.2) is 46.7 Å². The van der Waals surface area contributed by atoms with E-state index in [9.17, 15) is 9.59 Å². The second kappa shape index (κ2) is 10.7. The lowest BCUT2D eigenvalue weighted by atomic mass is 9.94. The fraction of sp³-hybridized carbons (Fsp3) is 0.455. The monoisotopic (exact) mass is 416 g/mol. The number of hydrogen-bond donors (Lipinski definition) is 1. The van der Waals surface area contributed by atoms with Gasteiger partial charge in [-0.1, -0.05) is 37.5 Å². The van der Waals surface area contributed by atoms with Crippen LogP contribution in [0.5, 0.6) is 0 Å². The van der Waals surface area contributed by atoms with Crippen molar-refractivity contribution in [3.8, 4) is 0 Å². The lowest BCUT2D eigenvalue weighted by molar-refractivity contribution is -0.129. The first-order chi connectivity index (χ1) is 13.6. The lowest BCUT2D eigenvalue weighted by Gasteiger charge is -2.31. The summed E-state index contributed by atoms with van der Waals surface area (Å²) in [6.45, 7) is 0.613. The van der Waals surface area contributed by atoms with Crippen molar-refractivity contribution in [3.63, 3.8) is 0 Å². The molecule has 0 aliphatic heterocycles. The Kier molecular flexibility index (Phi) is 7.98. The first-order valence-corrected chi connectivity index (χ1v) is 11.8. The molecule has 2 amide bonds. The normalized spacial score (nSPS) is 14.6. The molecule has 1 aromatic heterocycles. The fourth-order valence-corrected chi connectivity index (χ4v) is 5.23. The highest BCUT2D eigenvalue weighted by Crippen LogP contribution is 2.25. The van der Waals surface area contributed by atoms with E-state index >= 15 is 0 Å². The Morgan fingerprint density at radius 1 is 1.14 bits per heavy atom. The lowest BCUT2D eigenvalue weighted by Crippen LogP contribution is -2.39. The fourth-order valence-electron chi connectivity index (χ4n) is 3.54. The first-order valence-electron chi connectivity index (χ1n) is 9.93. The van der Waals surface area contributed by atoms with E-state index in [-0.39, 0.29) is 11.8 Å². The van der Waals surface area contributed by atoms with E-state index in [1.165, 1.54) is 35.9 Å². The van der Waals surface area contributed by atoms with Gasteiger partial charge in [0.05, 0.1) is 11.3 Å². The van der Waals surface area contributed by atoms with Crippen LogP contribution in [0.3, 0.4) is 0 Å². The number of carbonyl (C=O) groups excluding carboxylic acids is 2. The first kappa shape index (κ1) is 20.9. The molecule has 1 aromatic carbocycles. The van der Waals surface area contributed by atoms with Crippen molar-refractivity contribution in [1.82, 2.24) is 10.2 Å². The molecule has 0 atom stereocenters. The van der Waals surface area contributed by atoms with Crippen LogP contribution in [0, 0.1) is 0 Å². The standard InChI is InChI=1S/C22H28N2O2S2/c1-24(17-8-3-2-4-9-17)21(25)16-28-20-12-6-5-11-19(20)22(26)23-14-13-18-10-7-15-27-18/h5-7,10-12,15,17H,2-4,8-9,13-14,16H2,1H3,(H,23,26). The average Bonchev–Trinajstić information content (AvgIpc) is 3.25. The van der Waals surface area contributed by atoms with Gasteiger partial charge in [0.2, 0.25) is 5.91 Å². The van der Waals surface area contributed by atoms with Crippen molar-refractivity contribution in [1.29, 1.82) is 0 Å². The largest absolute Gasteiger partial charge is 0.352 e. The van der Waals surface area contributed by atoms with Gasteiger partial charge in [0, 0.05) is 29.4 Å². The van der Waals surface area contributed by atoms with Gasteiger partial charge in [-0.3, -0.25) is 9.59 Å². The molecule has 0 bridgehead atoms. The van der Waals surface area contributed by atoms with E-state index in [4.69, 9.17) is 0 Å². The van der Waals surface area contributed by atoms with Crippen LogP contribution in [-0.4, -0.2) is 42.1 Å². The quantitative estimate of drug-likeness (QED) is 0.640. The van der Waals surface area contributed by atoms with Crippen LogP contribution >= 0.6 is 23.1 Å². The summed E-state index contributed by atoms with van der Waals surface area (Å²) >= 11 is 3.16. The highest BCUT2D eigenvalue weighted by Gasteiger charge is 2.22. The molecule has 0 spiro atoms. The predicted molar refractivity (Wildman–Crippen MR) is 117 cm³/mol. The van der Waals surface area contributed by atoms with Gasteiger partial charge in [-0.25, -0.2) is 0 Å². The van der Waals surface area contributed by atoms with Gasteiger partial charge < -0.3 is 10.2 Å². The van der Waals surface area contributed by atoms with Crippen LogP contribution in [0.2, 0.25) is 0 Å². The summed E-state index contributed by atoms with van der Waals surface area (Å²) in [5.74, 6) is 0.435. The molecular weight excluding hydrogens is 388 g/mol. The third-order valence-electron chi connectivity index (χ3n) is 5.24. The Bertz CT molecular complexity index is 771. The van der Waals surface area contributed by atoms with Gasteiger partial charge in [-0.15, -0.1) is 23.1 Å². The molecule has 1 heterocycles. The SMILES string of the molecule is CN(C(=O)CSc1ccccc1C(=O)NCCc1cccs1)C1CCCCC1. The molecule has 2 aromatic rings. The summed E-state index contributed by atoms with van der Waals surface area (Å²) in [5, 5.41) is 5.04. The summed E-state index contributed by atoms with van der Waals surface area (Å²) < 4.78 is 0. The van der Waals surface area contributed by atoms with E-state index in [2.05, 4.69) is 11.4 Å². The van der Waals surface area contributed by atoms with Gasteiger partial charge in [-0.05, 0) is 42.8 Å². The Hall–Kier alpha value is -1.79. The van der Waals surface area contributed by atoms with Crippen molar-refractivity contribution in [2.75, 3.05) is 19.3 Å². The molecule has 1 N–H and O–H groups in total. The van der Waals surface area contributed by atoms with Crippen molar-refractivity contribution in [2.24, 2.45) is 0 Å². The summed E-state index contributed by atoms with van der Waals surface area (Å²) in [5.41, 5.74) is 0.645. The third kappa shape index (κ3) is 5.85. The molecule has 6 heteroatoms. The Morgan fingerprint density at radius 2 is 1.93 bits per heavy atom. The van der Waals surface area contributed by atoms with E-state index in [0.29, 0.717) is 23.9 Å². The molecule has 0 saturated heterocycles. The molecule has 28 heavy (non-hydrogen) atoms. The molecule has 1 fully saturated rings. The summed E-state index contributed by atoms with van der Waals surface area (Å²) in [7, 11) is 1.92. The maximum absolute atomic E-state index is 12.6. The zero-order valence-electron chi connectivity index (χ0n) is 16.4. The molecule has 1 saturated carbocycles. The number of amides is 2. The van der Waals surface area contributed by atoms with E-state index in [1.54, 1.807) is 11.3 Å². The van der Waals surface area contributed by atoms with Crippen LogP contribution in [0.1, 0.15) is 47.3 Å². The molecule has 1 aliphatic rings. The van der Waals surface area contributed by atoms with Crippen molar-refractivity contribution < 1.29 is 9.59 Å². The molecule has 0 unspecified atom stereocenters. The van der Waals surface area contributed by atoms with Gasteiger partial charge in [0.25, 0.3) is 5.91 Å². The molecule has 1 aliphatic carbocycles. The van der Waals surface area contributed by atoms with Crippen molar-refractivity contribution in [3.05, 3.63) is 52.2 Å². The number of carbonyl (C=O) groups is 2. The second-order valence-electron chi connectivity index (χ2n) is 7.17. The number of nitrogens with zero attached hydrogens (tertiary/aromatic N) is 1. The summed E-state index contributed by atoms with van der Waals surface area (Å²) in [6.07, 6.45) is 6.76. The van der Waals surface area contributed by atoms with Gasteiger partial charge in [0.15, 0.2) is 0 Å². The minimum absolute atomic E-state index is 0.0762. The topological polar surface area (TPSA) is 49.4 Å². The molecule has 0 radical (unpaired) electrons. The zero-order valence-corrected chi connectivity index (χ0v) is 18.0. The minimum Gasteiger partial charge on any atom is -0.352 e. The third-order valence-corrected chi connectivity index (χ3v) is 7.23. The second-order valence-corrected chi connectivity index (χ2v) is 9.22. The van der Waals surface area contributed by atoms with Crippen LogP contribution < -0.4 is 5.32 Å². The molecule has 3 rings (SSSR count). The van der Waals surface area contributed by atoms with E-state index in [0.717, 1.165) is 24.2 Å². The number of hydrogen-bond acceptors (Lipinski definition) is 4. The highest BCUT2D eigenvalue weighted by molar-refractivity contribution is 8.00. The number of rotatable bonds is 8. The van der Waals surface area contributed by atoms with Crippen molar-refractivity contribution in [2.45, 2.75) is 49.5 Å². The predicted octanol–water partition coefficient (Wildman–Crippen LogP) is 4.60. The Morgan fingerprint density at radius 3 is 2.68 bits per heavy atom. The smallest absolute Gasteiger partial charge is 0.252 e. The van der Waals surface area contributed by atoms with Gasteiger partial charge >= 0.3 is 0 Å². The summed E-state index contributed by atoms with van der Waals surface area (Å²) in [6, 6.07) is 12.0. The number of nitrogens with one attached hydrogen (secondary N) is 1. The van der Waals surface area contributed by atoms with Gasteiger partial charge in [0.1, 0.15) is 0 Å². The average molecular weight is 417 g/mol. The number of thiophene rings is 1. The molecule has 150 valence electrons. The maximum Gasteiger partial charge on any atom is 0.252 e. The minimum atomic E-state index is -0.0762.